The van der Waals surface area contributed by atoms with Gasteiger partial charge in [-0.25, -0.2) is 0 Å². The summed E-state index contributed by atoms with van der Waals surface area (Å²) in [4.78, 5) is 6.92. The van der Waals surface area contributed by atoms with Crippen molar-refractivity contribution in [2.45, 2.75) is 45.1 Å². The van der Waals surface area contributed by atoms with Crippen molar-refractivity contribution in [3.8, 4) is 5.75 Å². The van der Waals surface area contributed by atoms with Gasteiger partial charge in [0.05, 0.1) is 6.61 Å². The van der Waals surface area contributed by atoms with Gasteiger partial charge in [0.2, 0.25) is 0 Å². The monoisotopic (exact) mass is 390 g/mol. The first-order chi connectivity index (χ1) is 13.7. The first-order valence-electron chi connectivity index (χ1n) is 10.6. The van der Waals surface area contributed by atoms with Crippen molar-refractivity contribution >= 4 is 5.96 Å². The fourth-order valence-electron chi connectivity index (χ4n) is 3.46. The molecule has 1 aliphatic rings. The third kappa shape index (κ3) is 8.48. The molecule has 0 bridgehead atoms. The number of rotatable bonds is 11. The fourth-order valence-corrected chi connectivity index (χ4v) is 3.46. The number of nitrogens with one attached hydrogen (secondary N) is 2. The highest BCUT2D eigenvalue weighted by Gasteiger charge is 2.19. The zero-order chi connectivity index (χ0) is 20.0. The largest absolute Gasteiger partial charge is 0.494 e. The summed E-state index contributed by atoms with van der Waals surface area (Å²) in [6, 6.07) is 8.86. The van der Waals surface area contributed by atoms with Crippen LogP contribution < -0.4 is 15.4 Å². The normalized spacial score (nSPS) is 16.2. The lowest BCUT2D eigenvalue weighted by atomic mass is 10.1. The van der Waals surface area contributed by atoms with E-state index in [4.69, 9.17) is 9.47 Å². The summed E-state index contributed by atoms with van der Waals surface area (Å²) in [6.45, 7) is 8.01. The number of nitrogens with zero attached hydrogens (tertiary/aromatic N) is 2. The summed E-state index contributed by atoms with van der Waals surface area (Å²) >= 11 is 0. The van der Waals surface area contributed by atoms with E-state index in [0.29, 0.717) is 6.04 Å². The Labute approximate surface area is 170 Å². The summed E-state index contributed by atoms with van der Waals surface area (Å²) in [7, 11) is 3.61. The zero-order valence-corrected chi connectivity index (χ0v) is 17.9. The van der Waals surface area contributed by atoms with Crippen LogP contribution in [-0.4, -0.2) is 70.5 Å². The second-order valence-electron chi connectivity index (χ2n) is 7.35. The standard InChI is InChI=1S/C22H38N4O2/c1-4-16-28-21-8-5-7-19(18-21)9-12-24-22(23-2)25-20-10-14-26(15-11-20)13-6-17-27-3/h5,7-8,18,20H,4,6,9-17H2,1-3H3,(H2,23,24,25). The Kier molecular flexibility index (Phi) is 10.8. The van der Waals surface area contributed by atoms with Gasteiger partial charge in [0, 0.05) is 53.0 Å². The highest BCUT2D eigenvalue weighted by molar-refractivity contribution is 5.79. The number of ether oxygens (including phenoxy) is 2. The quantitative estimate of drug-likeness (QED) is 0.346. The van der Waals surface area contributed by atoms with Crippen molar-refractivity contribution in [3.05, 3.63) is 29.8 Å². The Bertz CT molecular complexity index is 571. The number of hydrogen-bond acceptors (Lipinski definition) is 4. The molecule has 158 valence electrons. The van der Waals surface area contributed by atoms with E-state index in [1.165, 1.54) is 5.56 Å². The first kappa shape index (κ1) is 22.5. The van der Waals surface area contributed by atoms with Gasteiger partial charge in [-0.15, -0.1) is 0 Å². The Morgan fingerprint density at radius 3 is 2.79 bits per heavy atom. The van der Waals surface area contributed by atoms with E-state index >= 15 is 0 Å². The van der Waals surface area contributed by atoms with Crippen LogP contribution in [0.15, 0.2) is 29.3 Å². The molecule has 0 aromatic heterocycles. The molecular weight excluding hydrogens is 352 g/mol. The number of benzene rings is 1. The van der Waals surface area contributed by atoms with Crippen molar-refractivity contribution in [2.75, 3.05) is 53.6 Å². The molecule has 28 heavy (non-hydrogen) atoms. The second-order valence-corrected chi connectivity index (χ2v) is 7.35. The molecule has 0 atom stereocenters. The maximum Gasteiger partial charge on any atom is 0.191 e. The summed E-state index contributed by atoms with van der Waals surface area (Å²) < 4.78 is 10.9. The molecule has 1 fully saturated rings. The van der Waals surface area contributed by atoms with E-state index in [2.05, 4.69) is 45.6 Å². The topological polar surface area (TPSA) is 58.1 Å². The molecule has 1 heterocycles. The molecule has 1 saturated heterocycles. The predicted molar refractivity (Wildman–Crippen MR) is 116 cm³/mol. The summed E-state index contributed by atoms with van der Waals surface area (Å²) in [5.41, 5.74) is 1.28. The Balaban J connectivity index is 1.67. The zero-order valence-electron chi connectivity index (χ0n) is 17.9. The maximum absolute atomic E-state index is 5.72. The van der Waals surface area contributed by atoms with Crippen LogP contribution >= 0.6 is 0 Å². The van der Waals surface area contributed by atoms with Crippen LogP contribution in [0.5, 0.6) is 5.75 Å². The van der Waals surface area contributed by atoms with E-state index in [0.717, 1.165) is 83.2 Å². The number of piperidine rings is 1. The lowest BCUT2D eigenvalue weighted by molar-refractivity contribution is 0.155. The molecular formula is C22H38N4O2. The van der Waals surface area contributed by atoms with Crippen LogP contribution in [0.1, 0.15) is 38.2 Å². The van der Waals surface area contributed by atoms with Crippen molar-refractivity contribution in [2.24, 2.45) is 4.99 Å². The van der Waals surface area contributed by atoms with Crippen LogP contribution in [0.2, 0.25) is 0 Å². The van der Waals surface area contributed by atoms with Crippen LogP contribution in [0.3, 0.4) is 0 Å². The minimum absolute atomic E-state index is 0.496. The average molecular weight is 391 g/mol. The highest BCUT2D eigenvalue weighted by Crippen LogP contribution is 2.14. The minimum Gasteiger partial charge on any atom is -0.494 e. The van der Waals surface area contributed by atoms with Gasteiger partial charge in [0.15, 0.2) is 5.96 Å². The molecule has 6 nitrogen and oxygen atoms in total. The minimum atomic E-state index is 0.496. The van der Waals surface area contributed by atoms with E-state index in [1.807, 2.05) is 13.1 Å². The van der Waals surface area contributed by atoms with Gasteiger partial charge in [-0.05, 0) is 49.8 Å². The molecule has 1 aromatic rings. The number of likely N-dealkylation sites (tertiary alicyclic amines) is 1. The first-order valence-corrected chi connectivity index (χ1v) is 10.6. The van der Waals surface area contributed by atoms with Gasteiger partial charge >= 0.3 is 0 Å². The number of aliphatic imine (C=N–C) groups is 1. The molecule has 0 saturated carbocycles. The van der Waals surface area contributed by atoms with E-state index < -0.39 is 0 Å². The summed E-state index contributed by atoms with van der Waals surface area (Å²) in [6.07, 6.45) is 5.40. The molecule has 0 amide bonds. The van der Waals surface area contributed by atoms with E-state index in [1.54, 1.807) is 7.11 Å². The molecule has 0 radical (unpaired) electrons. The van der Waals surface area contributed by atoms with Crippen molar-refractivity contribution in [1.82, 2.24) is 15.5 Å². The molecule has 0 aliphatic carbocycles. The van der Waals surface area contributed by atoms with Gasteiger partial charge in [-0.3, -0.25) is 4.99 Å². The Hall–Kier alpha value is -1.79. The van der Waals surface area contributed by atoms with Crippen molar-refractivity contribution < 1.29 is 9.47 Å². The number of methoxy groups -OCH3 is 1. The van der Waals surface area contributed by atoms with Gasteiger partial charge in [-0.2, -0.15) is 0 Å². The second kappa shape index (κ2) is 13.4. The van der Waals surface area contributed by atoms with Gasteiger partial charge in [-0.1, -0.05) is 19.1 Å². The molecule has 6 heteroatoms. The van der Waals surface area contributed by atoms with Crippen molar-refractivity contribution in [3.63, 3.8) is 0 Å². The summed E-state index contributed by atoms with van der Waals surface area (Å²) in [5, 5.41) is 7.03. The van der Waals surface area contributed by atoms with E-state index in [-0.39, 0.29) is 0 Å². The number of hydrogen-bond donors (Lipinski definition) is 2. The Morgan fingerprint density at radius 2 is 2.07 bits per heavy atom. The van der Waals surface area contributed by atoms with Gasteiger partial charge in [0.25, 0.3) is 0 Å². The third-order valence-corrected chi connectivity index (χ3v) is 5.05. The smallest absolute Gasteiger partial charge is 0.191 e. The predicted octanol–water partition coefficient (Wildman–Crippen LogP) is 2.68. The molecule has 1 aliphatic heterocycles. The SMILES string of the molecule is CCCOc1cccc(CCNC(=NC)NC2CCN(CCCOC)CC2)c1. The highest BCUT2D eigenvalue weighted by atomic mass is 16.5. The van der Waals surface area contributed by atoms with Crippen LogP contribution in [0.4, 0.5) is 0 Å². The maximum atomic E-state index is 5.72. The van der Waals surface area contributed by atoms with Crippen LogP contribution in [-0.2, 0) is 11.2 Å². The number of guanidine groups is 1. The lowest BCUT2D eigenvalue weighted by Gasteiger charge is -2.33. The molecule has 0 unspecified atom stereocenters. The van der Waals surface area contributed by atoms with Crippen molar-refractivity contribution in [1.29, 1.82) is 0 Å². The summed E-state index contributed by atoms with van der Waals surface area (Å²) in [5.74, 6) is 1.86. The van der Waals surface area contributed by atoms with Gasteiger partial charge < -0.3 is 25.0 Å². The van der Waals surface area contributed by atoms with Crippen LogP contribution in [0.25, 0.3) is 0 Å². The van der Waals surface area contributed by atoms with Crippen LogP contribution in [0, 0.1) is 0 Å². The van der Waals surface area contributed by atoms with Gasteiger partial charge in [0.1, 0.15) is 5.75 Å². The average Bonchev–Trinajstić information content (AvgIpc) is 2.73. The molecule has 0 spiro atoms. The lowest BCUT2D eigenvalue weighted by Crippen LogP contribution is -2.49. The molecule has 2 rings (SSSR count). The Morgan fingerprint density at radius 1 is 1.25 bits per heavy atom. The van der Waals surface area contributed by atoms with E-state index in [9.17, 15) is 0 Å². The third-order valence-electron chi connectivity index (χ3n) is 5.05. The molecule has 1 aromatic carbocycles. The molecule has 2 N–H and O–H groups in total. The fraction of sp³-hybridized carbons (Fsp3) is 0.682.